The summed E-state index contributed by atoms with van der Waals surface area (Å²) in [5, 5.41) is 0. The molecule has 0 saturated heterocycles. The molecule has 23 heavy (non-hydrogen) atoms. The van der Waals surface area contributed by atoms with Gasteiger partial charge in [-0.2, -0.15) is 0 Å². The molecule has 4 N–H and O–H groups in total. The van der Waals surface area contributed by atoms with E-state index < -0.39 is 0 Å². The molecule has 2 aromatic carbocycles. The summed E-state index contributed by atoms with van der Waals surface area (Å²) in [5.74, 6) is 0.424. The Balaban J connectivity index is 0.000000322. The van der Waals surface area contributed by atoms with E-state index >= 15 is 0 Å². The minimum atomic E-state index is 0.424. The van der Waals surface area contributed by atoms with E-state index in [9.17, 15) is 0 Å². The Morgan fingerprint density at radius 2 is 1.17 bits per heavy atom. The molecule has 0 bridgehead atoms. The molecule has 0 heterocycles. The van der Waals surface area contributed by atoms with E-state index in [1.807, 2.05) is 12.1 Å². The van der Waals surface area contributed by atoms with Gasteiger partial charge in [0.15, 0.2) is 0 Å². The van der Waals surface area contributed by atoms with Crippen molar-refractivity contribution >= 4 is 0 Å². The van der Waals surface area contributed by atoms with Crippen LogP contribution in [0.25, 0.3) is 0 Å². The van der Waals surface area contributed by atoms with Gasteiger partial charge in [0, 0.05) is 5.92 Å². The fraction of sp³-hybridized carbons (Fsp3) is 0.429. The standard InChI is InChI=1S/C15H17N.C6H15N/c16-12-11-15(13-7-3-1-4-8-13)14-9-5-2-6-10-14;1-6(2,3)4-5-7/h1-10,15H,11-12,16H2;4-5,7H2,1-3H3. The van der Waals surface area contributed by atoms with Gasteiger partial charge in [-0.05, 0) is 42.5 Å². The van der Waals surface area contributed by atoms with Crippen molar-refractivity contribution in [2.24, 2.45) is 16.9 Å². The number of hydrogen-bond acceptors (Lipinski definition) is 2. The molecule has 0 atom stereocenters. The Hall–Kier alpha value is -1.64. The van der Waals surface area contributed by atoms with Crippen LogP contribution in [-0.2, 0) is 0 Å². The molecule has 0 aliphatic carbocycles. The highest BCUT2D eigenvalue weighted by Gasteiger charge is 2.12. The second-order valence-corrected chi connectivity index (χ2v) is 7.05. The van der Waals surface area contributed by atoms with Crippen LogP contribution < -0.4 is 11.5 Å². The lowest BCUT2D eigenvalue weighted by Gasteiger charge is -2.16. The first-order valence-electron chi connectivity index (χ1n) is 8.48. The normalized spacial score (nSPS) is 11.0. The SMILES string of the molecule is CC(C)(C)CCN.NCCC(c1ccccc1)c1ccccc1. The van der Waals surface area contributed by atoms with Gasteiger partial charge in [-0.3, -0.25) is 0 Å². The first-order valence-corrected chi connectivity index (χ1v) is 8.48. The summed E-state index contributed by atoms with van der Waals surface area (Å²) < 4.78 is 0. The maximum absolute atomic E-state index is 5.70. The predicted octanol–water partition coefficient (Wildman–Crippen LogP) is 4.55. The minimum Gasteiger partial charge on any atom is -0.330 e. The summed E-state index contributed by atoms with van der Waals surface area (Å²) in [5.41, 5.74) is 14.1. The Morgan fingerprint density at radius 3 is 1.43 bits per heavy atom. The Labute approximate surface area is 141 Å². The van der Waals surface area contributed by atoms with Gasteiger partial charge in [0.1, 0.15) is 0 Å². The monoisotopic (exact) mass is 312 g/mol. The highest BCUT2D eigenvalue weighted by molar-refractivity contribution is 5.32. The van der Waals surface area contributed by atoms with E-state index in [2.05, 4.69) is 69.3 Å². The molecule has 0 radical (unpaired) electrons. The second-order valence-electron chi connectivity index (χ2n) is 7.05. The van der Waals surface area contributed by atoms with Crippen LogP contribution in [0.15, 0.2) is 60.7 Å². The van der Waals surface area contributed by atoms with E-state index in [1.165, 1.54) is 11.1 Å². The van der Waals surface area contributed by atoms with Crippen LogP contribution in [0, 0.1) is 5.41 Å². The third-order valence-corrected chi connectivity index (χ3v) is 3.75. The van der Waals surface area contributed by atoms with Crippen LogP contribution >= 0.6 is 0 Å². The summed E-state index contributed by atoms with van der Waals surface area (Å²) in [6.45, 7) is 8.11. The largest absolute Gasteiger partial charge is 0.330 e. The average molecular weight is 313 g/mol. The van der Waals surface area contributed by atoms with Crippen LogP contribution in [0.2, 0.25) is 0 Å². The number of nitrogens with two attached hydrogens (primary N) is 2. The van der Waals surface area contributed by atoms with Gasteiger partial charge >= 0.3 is 0 Å². The highest BCUT2D eigenvalue weighted by Crippen LogP contribution is 2.26. The van der Waals surface area contributed by atoms with Gasteiger partial charge in [-0.25, -0.2) is 0 Å². The third-order valence-electron chi connectivity index (χ3n) is 3.75. The molecule has 126 valence electrons. The van der Waals surface area contributed by atoms with Gasteiger partial charge in [0.05, 0.1) is 0 Å². The van der Waals surface area contributed by atoms with Crippen molar-refractivity contribution in [3.63, 3.8) is 0 Å². The number of rotatable bonds is 5. The molecule has 2 aromatic rings. The molecule has 2 nitrogen and oxygen atoms in total. The summed E-state index contributed by atoms with van der Waals surface area (Å²) in [4.78, 5) is 0. The third kappa shape index (κ3) is 7.96. The Morgan fingerprint density at radius 1 is 0.739 bits per heavy atom. The lowest BCUT2D eigenvalue weighted by Crippen LogP contribution is -2.12. The fourth-order valence-electron chi connectivity index (χ4n) is 2.50. The number of benzene rings is 2. The fourth-order valence-corrected chi connectivity index (χ4v) is 2.50. The maximum atomic E-state index is 5.70. The van der Waals surface area contributed by atoms with Gasteiger partial charge < -0.3 is 11.5 Å². The van der Waals surface area contributed by atoms with E-state index in [1.54, 1.807) is 0 Å². The molecule has 0 fully saturated rings. The van der Waals surface area contributed by atoms with Crippen molar-refractivity contribution in [3.8, 4) is 0 Å². The van der Waals surface area contributed by atoms with Crippen LogP contribution in [0.4, 0.5) is 0 Å². The molecule has 2 heteroatoms. The van der Waals surface area contributed by atoms with Crippen molar-refractivity contribution in [2.75, 3.05) is 13.1 Å². The Kier molecular flexibility index (Phi) is 8.60. The van der Waals surface area contributed by atoms with Crippen LogP contribution in [-0.4, -0.2) is 13.1 Å². The molecule has 0 unspecified atom stereocenters. The van der Waals surface area contributed by atoms with Crippen molar-refractivity contribution < 1.29 is 0 Å². The van der Waals surface area contributed by atoms with Gasteiger partial charge in [0.2, 0.25) is 0 Å². The zero-order chi connectivity index (χ0) is 17.1. The van der Waals surface area contributed by atoms with E-state index in [0.717, 1.165) is 19.4 Å². The van der Waals surface area contributed by atoms with Crippen molar-refractivity contribution in [2.45, 2.75) is 39.5 Å². The van der Waals surface area contributed by atoms with Crippen LogP contribution in [0.5, 0.6) is 0 Å². The summed E-state index contributed by atoms with van der Waals surface area (Å²) in [6, 6.07) is 21.1. The molecular weight excluding hydrogens is 280 g/mol. The first kappa shape index (κ1) is 19.4. The molecule has 0 aromatic heterocycles. The van der Waals surface area contributed by atoms with E-state index in [4.69, 9.17) is 11.5 Å². The lowest BCUT2D eigenvalue weighted by molar-refractivity contribution is 0.385. The Bertz CT molecular complexity index is 475. The lowest BCUT2D eigenvalue weighted by atomic mass is 9.89. The van der Waals surface area contributed by atoms with Crippen molar-refractivity contribution in [1.82, 2.24) is 0 Å². The van der Waals surface area contributed by atoms with Gasteiger partial charge in [0.25, 0.3) is 0 Å². The average Bonchev–Trinajstić information content (AvgIpc) is 2.54. The zero-order valence-electron chi connectivity index (χ0n) is 14.8. The van der Waals surface area contributed by atoms with Gasteiger partial charge in [-0.15, -0.1) is 0 Å². The zero-order valence-corrected chi connectivity index (χ0v) is 14.8. The molecule has 2 rings (SSSR count). The predicted molar refractivity (Wildman–Crippen MR) is 102 cm³/mol. The van der Waals surface area contributed by atoms with Crippen molar-refractivity contribution in [1.29, 1.82) is 0 Å². The van der Waals surface area contributed by atoms with E-state index in [0.29, 0.717) is 17.9 Å². The summed E-state index contributed by atoms with van der Waals surface area (Å²) in [6.07, 6.45) is 2.11. The van der Waals surface area contributed by atoms with Crippen LogP contribution in [0.3, 0.4) is 0 Å². The molecule has 0 amide bonds. The number of hydrogen-bond donors (Lipinski definition) is 2. The molecule has 0 spiro atoms. The second kappa shape index (κ2) is 10.2. The summed E-state index contributed by atoms with van der Waals surface area (Å²) >= 11 is 0. The molecule has 0 aliphatic heterocycles. The topological polar surface area (TPSA) is 52.0 Å². The summed E-state index contributed by atoms with van der Waals surface area (Å²) in [7, 11) is 0. The van der Waals surface area contributed by atoms with Crippen LogP contribution in [0.1, 0.15) is 50.7 Å². The molecular formula is C21H32N2. The smallest absolute Gasteiger partial charge is 0.0101 e. The van der Waals surface area contributed by atoms with Crippen molar-refractivity contribution in [3.05, 3.63) is 71.8 Å². The highest BCUT2D eigenvalue weighted by atomic mass is 14.5. The maximum Gasteiger partial charge on any atom is 0.0101 e. The first-order chi connectivity index (χ1) is 11.0. The van der Waals surface area contributed by atoms with E-state index in [-0.39, 0.29) is 0 Å². The molecule has 0 aliphatic rings. The quantitative estimate of drug-likeness (QED) is 0.851. The van der Waals surface area contributed by atoms with Gasteiger partial charge in [-0.1, -0.05) is 81.4 Å². The molecule has 0 saturated carbocycles. The minimum absolute atomic E-state index is 0.424.